The van der Waals surface area contributed by atoms with E-state index in [0.717, 1.165) is 41.1 Å². The zero-order valence-corrected chi connectivity index (χ0v) is 15.3. The molecule has 3 heterocycles. The number of aromatic nitrogens is 2. The van der Waals surface area contributed by atoms with Gasteiger partial charge in [-0.1, -0.05) is 17.3 Å². The highest BCUT2D eigenvalue weighted by Gasteiger charge is 2.31. The summed E-state index contributed by atoms with van der Waals surface area (Å²) in [4.78, 5) is 19.2. The number of benzene rings is 1. The minimum absolute atomic E-state index is 0.0977. The molecular formula is C21H20FN3O2. The van der Waals surface area contributed by atoms with Crippen molar-refractivity contribution in [2.45, 2.75) is 32.7 Å². The molecule has 1 aliphatic heterocycles. The summed E-state index contributed by atoms with van der Waals surface area (Å²) in [6, 6.07) is 9.67. The van der Waals surface area contributed by atoms with Gasteiger partial charge in [0, 0.05) is 29.4 Å². The van der Waals surface area contributed by atoms with Crippen LogP contribution in [0.3, 0.4) is 0 Å². The van der Waals surface area contributed by atoms with Crippen LogP contribution in [-0.2, 0) is 0 Å². The van der Waals surface area contributed by atoms with Crippen molar-refractivity contribution < 1.29 is 13.7 Å². The van der Waals surface area contributed by atoms with E-state index in [1.807, 2.05) is 26.0 Å². The second kappa shape index (κ2) is 6.95. The molecule has 1 saturated heterocycles. The van der Waals surface area contributed by atoms with Crippen molar-refractivity contribution in [2.24, 2.45) is 0 Å². The van der Waals surface area contributed by atoms with Gasteiger partial charge in [0.1, 0.15) is 11.6 Å². The molecule has 0 saturated carbocycles. The van der Waals surface area contributed by atoms with E-state index >= 15 is 0 Å². The van der Waals surface area contributed by atoms with Crippen molar-refractivity contribution in [2.75, 3.05) is 6.54 Å². The van der Waals surface area contributed by atoms with Crippen molar-refractivity contribution >= 4 is 5.91 Å². The lowest BCUT2D eigenvalue weighted by Crippen LogP contribution is -2.31. The molecule has 27 heavy (non-hydrogen) atoms. The lowest BCUT2D eigenvalue weighted by Gasteiger charge is -2.24. The van der Waals surface area contributed by atoms with Gasteiger partial charge in [-0.3, -0.25) is 9.78 Å². The molecule has 5 nitrogen and oxygen atoms in total. The predicted molar refractivity (Wildman–Crippen MR) is 98.6 cm³/mol. The summed E-state index contributed by atoms with van der Waals surface area (Å²) in [6.45, 7) is 4.42. The number of likely N-dealkylation sites (tertiary alicyclic amines) is 1. The number of pyridine rings is 1. The molecule has 0 aliphatic carbocycles. The smallest absolute Gasteiger partial charge is 0.254 e. The van der Waals surface area contributed by atoms with E-state index in [9.17, 15) is 9.18 Å². The Kier molecular flexibility index (Phi) is 4.48. The largest absolute Gasteiger partial charge is 0.361 e. The van der Waals surface area contributed by atoms with Crippen LogP contribution >= 0.6 is 0 Å². The first-order valence-electron chi connectivity index (χ1n) is 9.00. The molecule has 2 aromatic heterocycles. The first-order chi connectivity index (χ1) is 13.0. The summed E-state index contributed by atoms with van der Waals surface area (Å²) >= 11 is 0. The lowest BCUT2D eigenvalue weighted by atomic mass is 10.0. The third-order valence-electron chi connectivity index (χ3n) is 5.04. The molecule has 0 unspecified atom stereocenters. The van der Waals surface area contributed by atoms with Crippen molar-refractivity contribution in [3.8, 4) is 11.1 Å². The van der Waals surface area contributed by atoms with Crippen LogP contribution in [0.2, 0.25) is 0 Å². The van der Waals surface area contributed by atoms with E-state index in [1.54, 1.807) is 23.2 Å². The van der Waals surface area contributed by atoms with E-state index in [4.69, 9.17) is 4.52 Å². The number of nitrogens with zero attached hydrogens (tertiary/aromatic N) is 3. The first-order valence-corrected chi connectivity index (χ1v) is 9.00. The Morgan fingerprint density at radius 3 is 2.78 bits per heavy atom. The average molecular weight is 365 g/mol. The van der Waals surface area contributed by atoms with Gasteiger partial charge in [0.2, 0.25) is 0 Å². The van der Waals surface area contributed by atoms with Crippen molar-refractivity contribution in [1.29, 1.82) is 0 Å². The third-order valence-corrected chi connectivity index (χ3v) is 5.04. The maximum Gasteiger partial charge on any atom is 0.254 e. The molecule has 1 amide bonds. The lowest BCUT2D eigenvalue weighted by molar-refractivity contribution is 0.0732. The van der Waals surface area contributed by atoms with Crippen LogP contribution < -0.4 is 0 Å². The van der Waals surface area contributed by atoms with Gasteiger partial charge >= 0.3 is 0 Å². The Morgan fingerprint density at radius 2 is 2.11 bits per heavy atom. The topological polar surface area (TPSA) is 59.2 Å². The Bertz CT molecular complexity index is 962. The van der Waals surface area contributed by atoms with Gasteiger partial charge in [0.05, 0.1) is 17.4 Å². The van der Waals surface area contributed by atoms with E-state index in [0.29, 0.717) is 12.1 Å². The van der Waals surface area contributed by atoms with Gasteiger partial charge in [0.25, 0.3) is 5.91 Å². The Morgan fingerprint density at radius 1 is 1.26 bits per heavy atom. The van der Waals surface area contributed by atoms with Gasteiger partial charge in [-0.15, -0.1) is 0 Å². The quantitative estimate of drug-likeness (QED) is 0.687. The molecule has 1 atom stereocenters. The summed E-state index contributed by atoms with van der Waals surface area (Å²) in [5.74, 6) is 0.193. The second-order valence-corrected chi connectivity index (χ2v) is 6.84. The molecule has 0 bridgehead atoms. The van der Waals surface area contributed by atoms with Gasteiger partial charge in [0.15, 0.2) is 0 Å². The monoisotopic (exact) mass is 365 g/mol. The summed E-state index contributed by atoms with van der Waals surface area (Å²) in [5.41, 5.74) is 3.93. The van der Waals surface area contributed by atoms with Crippen molar-refractivity contribution in [1.82, 2.24) is 15.0 Å². The number of halogens is 1. The van der Waals surface area contributed by atoms with E-state index in [1.165, 1.54) is 12.1 Å². The van der Waals surface area contributed by atoms with Crippen LogP contribution in [0.5, 0.6) is 0 Å². The highest BCUT2D eigenvalue weighted by atomic mass is 19.1. The van der Waals surface area contributed by atoms with Gasteiger partial charge in [-0.2, -0.15) is 0 Å². The molecule has 0 spiro atoms. The number of carbonyl (C=O) groups excluding carboxylic acids is 1. The van der Waals surface area contributed by atoms with Gasteiger partial charge < -0.3 is 9.42 Å². The molecule has 1 aliphatic rings. The Balaban J connectivity index is 1.60. The van der Waals surface area contributed by atoms with Crippen LogP contribution in [0.4, 0.5) is 4.39 Å². The maximum atomic E-state index is 13.5. The Hall–Kier alpha value is -3.02. The van der Waals surface area contributed by atoms with Gasteiger partial charge in [-0.05, 0) is 51.0 Å². The molecular weight excluding hydrogens is 345 g/mol. The third kappa shape index (κ3) is 3.23. The standard InChI is InChI=1S/C21H20FN3O2/c1-13-20(14(2)27-24-13)16-8-9-18(23-12-16)19-7-4-10-25(19)21(26)15-5-3-6-17(22)11-15/h3,5-6,8-9,11-12,19H,4,7,10H2,1-2H3/t19-/m1/s1. The highest BCUT2D eigenvalue weighted by molar-refractivity contribution is 5.94. The Labute approximate surface area is 156 Å². The fraction of sp³-hybridized carbons (Fsp3) is 0.286. The van der Waals surface area contributed by atoms with Crippen LogP contribution in [-0.4, -0.2) is 27.5 Å². The number of hydrogen-bond acceptors (Lipinski definition) is 4. The fourth-order valence-corrected chi connectivity index (χ4v) is 3.75. The molecule has 4 rings (SSSR count). The van der Waals surface area contributed by atoms with E-state index in [2.05, 4.69) is 10.1 Å². The average Bonchev–Trinajstić information content (AvgIpc) is 3.28. The minimum Gasteiger partial charge on any atom is -0.361 e. The number of rotatable bonds is 3. The van der Waals surface area contributed by atoms with Gasteiger partial charge in [-0.25, -0.2) is 4.39 Å². The molecule has 0 N–H and O–H groups in total. The van der Waals surface area contributed by atoms with Crippen molar-refractivity contribution in [3.63, 3.8) is 0 Å². The molecule has 6 heteroatoms. The fourth-order valence-electron chi connectivity index (χ4n) is 3.75. The normalized spacial score (nSPS) is 16.7. The van der Waals surface area contributed by atoms with Crippen molar-refractivity contribution in [3.05, 3.63) is 71.1 Å². The highest BCUT2D eigenvalue weighted by Crippen LogP contribution is 2.33. The maximum absolute atomic E-state index is 13.5. The summed E-state index contributed by atoms with van der Waals surface area (Å²) < 4.78 is 18.7. The molecule has 0 radical (unpaired) electrons. The molecule has 1 aromatic carbocycles. The summed E-state index contributed by atoms with van der Waals surface area (Å²) in [5, 5.41) is 3.98. The summed E-state index contributed by atoms with van der Waals surface area (Å²) in [7, 11) is 0. The number of carbonyl (C=O) groups is 1. The predicted octanol–water partition coefficient (Wildman–Crippen LogP) is 4.47. The van der Waals surface area contributed by atoms with Crippen LogP contribution in [0, 0.1) is 19.7 Å². The van der Waals surface area contributed by atoms with Crippen LogP contribution in [0.1, 0.15) is 46.4 Å². The summed E-state index contributed by atoms with van der Waals surface area (Å²) in [6.07, 6.45) is 3.54. The van der Waals surface area contributed by atoms with Crippen LogP contribution in [0.25, 0.3) is 11.1 Å². The zero-order valence-electron chi connectivity index (χ0n) is 15.3. The molecule has 138 valence electrons. The van der Waals surface area contributed by atoms with E-state index in [-0.39, 0.29) is 11.9 Å². The molecule has 3 aromatic rings. The van der Waals surface area contributed by atoms with E-state index < -0.39 is 5.82 Å². The SMILES string of the molecule is Cc1noc(C)c1-c1ccc([C@H]2CCCN2C(=O)c2cccc(F)c2)nc1. The number of hydrogen-bond donors (Lipinski definition) is 0. The van der Waals surface area contributed by atoms with Crippen LogP contribution in [0.15, 0.2) is 47.1 Å². The zero-order chi connectivity index (χ0) is 19.0. The first kappa shape index (κ1) is 17.4. The number of amides is 1. The number of aryl methyl sites for hydroxylation is 2. The molecule has 1 fully saturated rings. The second-order valence-electron chi connectivity index (χ2n) is 6.84. The minimum atomic E-state index is -0.404.